The number of carbonyl (C=O) groups is 1. The van der Waals surface area contributed by atoms with Crippen molar-refractivity contribution in [1.29, 1.82) is 0 Å². The molecule has 0 unspecified atom stereocenters. The molecule has 0 aliphatic carbocycles. The fraction of sp³-hybridized carbons (Fsp3) is 0.211. The Bertz CT molecular complexity index is 859. The molecule has 0 saturated heterocycles. The molecule has 6 heteroatoms. The molecule has 0 radical (unpaired) electrons. The Hall–Kier alpha value is -2.66. The summed E-state index contributed by atoms with van der Waals surface area (Å²) in [5.41, 5.74) is 1.99. The van der Waals surface area contributed by atoms with Gasteiger partial charge in [0, 0.05) is 11.6 Å². The van der Waals surface area contributed by atoms with Gasteiger partial charge in [0.2, 0.25) is 5.82 Å². The van der Waals surface area contributed by atoms with Crippen LogP contribution in [0.15, 0.2) is 54.6 Å². The number of nitrogens with one attached hydrogen (secondary N) is 1. The van der Waals surface area contributed by atoms with Crippen molar-refractivity contribution in [1.82, 2.24) is 20.1 Å². The zero-order valence-electron chi connectivity index (χ0n) is 14.1. The van der Waals surface area contributed by atoms with Gasteiger partial charge in [-0.3, -0.25) is 4.79 Å². The molecule has 0 aliphatic rings. The van der Waals surface area contributed by atoms with Crippen molar-refractivity contribution in [3.63, 3.8) is 0 Å². The molecule has 5 nitrogen and oxygen atoms in total. The largest absolute Gasteiger partial charge is 0.349 e. The maximum atomic E-state index is 12.4. The van der Waals surface area contributed by atoms with Gasteiger partial charge < -0.3 is 5.32 Å². The van der Waals surface area contributed by atoms with E-state index in [1.165, 1.54) is 5.56 Å². The van der Waals surface area contributed by atoms with Gasteiger partial charge in [-0.05, 0) is 42.7 Å². The molecule has 1 heterocycles. The Balaban J connectivity index is 1.69. The summed E-state index contributed by atoms with van der Waals surface area (Å²) in [4.78, 5) is 16.6. The smallest absolute Gasteiger partial charge is 0.291 e. The highest BCUT2D eigenvalue weighted by atomic mass is 35.5. The minimum Gasteiger partial charge on any atom is -0.349 e. The van der Waals surface area contributed by atoms with Gasteiger partial charge in [-0.2, -0.15) is 0 Å². The first-order chi connectivity index (χ1) is 12.0. The number of hydrogen-bond acceptors (Lipinski definition) is 3. The fourth-order valence-electron chi connectivity index (χ4n) is 2.54. The third-order valence-electron chi connectivity index (χ3n) is 3.98. The van der Waals surface area contributed by atoms with Crippen LogP contribution >= 0.6 is 11.6 Å². The number of rotatable bonds is 5. The Morgan fingerprint density at radius 2 is 1.84 bits per heavy atom. The molecule has 1 N–H and O–H groups in total. The van der Waals surface area contributed by atoms with E-state index in [-0.39, 0.29) is 17.6 Å². The highest BCUT2D eigenvalue weighted by Crippen LogP contribution is 2.15. The van der Waals surface area contributed by atoms with Crippen LogP contribution in [0.25, 0.3) is 5.69 Å². The molecule has 0 fully saturated rings. The lowest BCUT2D eigenvalue weighted by Crippen LogP contribution is -2.28. The average molecular weight is 355 g/mol. The van der Waals surface area contributed by atoms with Gasteiger partial charge >= 0.3 is 0 Å². The van der Waals surface area contributed by atoms with Crippen molar-refractivity contribution in [2.75, 3.05) is 6.54 Å². The summed E-state index contributed by atoms with van der Waals surface area (Å²) in [5.74, 6) is 0.736. The zero-order chi connectivity index (χ0) is 17.8. The molecule has 128 valence electrons. The average Bonchev–Trinajstić information content (AvgIpc) is 3.02. The van der Waals surface area contributed by atoms with Gasteiger partial charge in [0.25, 0.3) is 5.91 Å². The zero-order valence-corrected chi connectivity index (χ0v) is 14.9. The van der Waals surface area contributed by atoms with Crippen LogP contribution in [-0.2, 0) is 0 Å². The monoisotopic (exact) mass is 354 g/mol. The third kappa shape index (κ3) is 4.06. The molecular weight excluding hydrogens is 336 g/mol. The highest BCUT2D eigenvalue weighted by Gasteiger charge is 2.16. The Labute approximate surface area is 151 Å². The molecule has 1 amide bonds. The third-order valence-corrected chi connectivity index (χ3v) is 4.23. The summed E-state index contributed by atoms with van der Waals surface area (Å²) in [6.07, 6.45) is 0. The van der Waals surface area contributed by atoms with Crippen LogP contribution in [0.1, 0.15) is 34.8 Å². The van der Waals surface area contributed by atoms with Gasteiger partial charge in [-0.1, -0.05) is 48.9 Å². The normalized spacial score (nSPS) is 12.0. The summed E-state index contributed by atoms with van der Waals surface area (Å²) in [5, 5.41) is 7.86. The highest BCUT2D eigenvalue weighted by molar-refractivity contribution is 6.30. The number of amides is 1. The number of carbonyl (C=O) groups excluding carboxylic acids is 1. The quantitative estimate of drug-likeness (QED) is 0.758. The van der Waals surface area contributed by atoms with Crippen molar-refractivity contribution in [2.24, 2.45) is 0 Å². The van der Waals surface area contributed by atoms with E-state index < -0.39 is 0 Å². The van der Waals surface area contributed by atoms with E-state index in [0.29, 0.717) is 17.4 Å². The molecular formula is C19H19ClN4O. The van der Waals surface area contributed by atoms with Crippen LogP contribution in [0.4, 0.5) is 0 Å². The molecule has 25 heavy (non-hydrogen) atoms. The first kappa shape index (κ1) is 17.2. The summed E-state index contributed by atoms with van der Waals surface area (Å²) in [6.45, 7) is 4.41. The molecule has 3 rings (SSSR count). The Morgan fingerprint density at radius 3 is 2.52 bits per heavy atom. The SMILES string of the molecule is Cc1nc(C(=O)NC[C@@H](C)c2ccccc2)nn1-c1ccc(Cl)cc1. The first-order valence-electron chi connectivity index (χ1n) is 8.07. The van der Waals surface area contributed by atoms with Gasteiger partial charge in [-0.25, -0.2) is 9.67 Å². The van der Waals surface area contributed by atoms with E-state index in [9.17, 15) is 4.79 Å². The van der Waals surface area contributed by atoms with Crippen molar-refractivity contribution < 1.29 is 4.79 Å². The van der Waals surface area contributed by atoms with Gasteiger partial charge in [0.1, 0.15) is 5.82 Å². The predicted molar refractivity (Wildman–Crippen MR) is 98.3 cm³/mol. The second-order valence-corrected chi connectivity index (χ2v) is 6.33. The molecule has 1 atom stereocenters. The van der Waals surface area contributed by atoms with E-state index in [4.69, 9.17) is 11.6 Å². The number of hydrogen-bond donors (Lipinski definition) is 1. The molecule has 0 spiro atoms. The maximum Gasteiger partial charge on any atom is 0.291 e. The van der Waals surface area contributed by atoms with Gasteiger partial charge in [0.15, 0.2) is 0 Å². The standard InChI is InChI=1S/C19H19ClN4O/c1-13(15-6-4-3-5-7-15)12-21-19(25)18-22-14(2)24(23-18)17-10-8-16(20)9-11-17/h3-11,13H,12H2,1-2H3,(H,21,25)/t13-/m1/s1. The Kier molecular flexibility index (Phi) is 5.14. The lowest BCUT2D eigenvalue weighted by Gasteiger charge is -2.11. The minimum atomic E-state index is -0.279. The minimum absolute atomic E-state index is 0.160. The molecule has 0 bridgehead atoms. The molecule has 2 aromatic carbocycles. The summed E-state index contributed by atoms with van der Waals surface area (Å²) < 4.78 is 1.63. The fourth-order valence-corrected chi connectivity index (χ4v) is 2.66. The van der Waals surface area contributed by atoms with E-state index in [2.05, 4.69) is 34.5 Å². The lowest BCUT2D eigenvalue weighted by molar-refractivity contribution is 0.0941. The van der Waals surface area contributed by atoms with Crippen LogP contribution in [0, 0.1) is 6.92 Å². The number of aryl methyl sites for hydroxylation is 1. The van der Waals surface area contributed by atoms with Crippen molar-refractivity contribution in [3.05, 3.63) is 76.8 Å². The van der Waals surface area contributed by atoms with Gasteiger partial charge in [-0.15, -0.1) is 5.10 Å². The number of halogens is 1. The second-order valence-electron chi connectivity index (χ2n) is 5.89. The second kappa shape index (κ2) is 7.49. The van der Waals surface area contributed by atoms with Crippen LogP contribution in [0.5, 0.6) is 0 Å². The van der Waals surface area contributed by atoms with Crippen molar-refractivity contribution >= 4 is 17.5 Å². The Morgan fingerprint density at radius 1 is 1.16 bits per heavy atom. The van der Waals surface area contributed by atoms with E-state index in [1.54, 1.807) is 16.8 Å². The molecule has 0 aliphatic heterocycles. The lowest BCUT2D eigenvalue weighted by atomic mass is 10.0. The summed E-state index contributed by atoms with van der Waals surface area (Å²) in [6, 6.07) is 17.3. The van der Waals surface area contributed by atoms with E-state index in [0.717, 1.165) is 5.69 Å². The van der Waals surface area contributed by atoms with Crippen LogP contribution in [0.2, 0.25) is 5.02 Å². The van der Waals surface area contributed by atoms with Crippen molar-refractivity contribution in [2.45, 2.75) is 19.8 Å². The molecule has 1 aromatic heterocycles. The van der Waals surface area contributed by atoms with E-state index in [1.807, 2.05) is 37.3 Å². The van der Waals surface area contributed by atoms with Crippen LogP contribution in [0.3, 0.4) is 0 Å². The summed E-state index contributed by atoms with van der Waals surface area (Å²) in [7, 11) is 0. The molecule has 0 saturated carbocycles. The van der Waals surface area contributed by atoms with Crippen LogP contribution in [-0.4, -0.2) is 27.2 Å². The first-order valence-corrected chi connectivity index (χ1v) is 8.45. The topological polar surface area (TPSA) is 59.8 Å². The van der Waals surface area contributed by atoms with E-state index >= 15 is 0 Å². The number of benzene rings is 2. The van der Waals surface area contributed by atoms with Gasteiger partial charge in [0.05, 0.1) is 5.69 Å². The molecule has 3 aromatic rings. The maximum absolute atomic E-state index is 12.4. The summed E-state index contributed by atoms with van der Waals surface area (Å²) >= 11 is 5.91. The predicted octanol–water partition coefficient (Wildman–Crippen LogP) is 3.76. The number of nitrogens with zero attached hydrogens (tertiary/aromatic N) is 3. The number of aromatic nitrogens is 3. The van der Waals surface area contributed by atoms with Crippen molar-refractivity contribution in [3.8, 4) is 5.69 Å². The van der Waals surface area contributed by atoms with Crippen LogP contribution < -0.4 is 5.32 Å².